The van der Waals surface area contributed by atoms with Crippen LogP contribution >= 0.6 is 0 Å². The zero-order valence-corrected chi connectivity index (χ0v) is 10.3. The monoisotopic (exact) mass is 265 g/mol. The fraction of sp³-hybridized carbons (Fsp3) is 0.167. The van der Waals surface area contributed by atoms with Crippen LogP contribution in [0.5, 0.6) is 5.88 Å². The van der Waals surface area contributed by atoms with Gasteiger partial charge in [0, 0.05) is 14.1 Å². The average molecular weight is 265 g/mol. The first kappa shape index (κ1) is 12.9. The highest BCUT2D eigenvalue weighted by atomic mass is 19.1. The van der Waals surface area contributed by atoms with Crippen molar-refractivity contribution < 1.29 is 9.50 Å². The van der Waals surface area contributed by atoms with Crippen molar-refractivity contribution >= 4 is 5.69 Å². The minimum absolute atomic E-state index is 0.269. The molecule has 100 valence electrons. The molecule has 2 rings (SSSR count). The Bertz CT molecular complexity index is 734. The van der Waals surface area contributed by atoms with E-state index in [2.05, 4.69) is 0 Å². The Morgan fingerprint density at radius 1 is 1.26 bits per heavy atom. The molecule has 1 aromatic carbocycles. The molecule has 0 bridgehead atoms. The molecule has 0 spiro atoms. The molecule has 19 heavy (non-hydrogen) atoms. The zero-order chi connectivity index (χ0) is 14.2. The molecule has 1 aromatic heterocycles. The Morgan fingerprint density at radius 2 is 1.89 bits per heavy atom. The lowest BCUT2D eigenvalue weighted by Crippen LogP contribution is -2.31. The van der Waals surface area contributed by atoms with Crippen molar-refractivity contribution in [1.29, 1.82) is 0 Å². The van der Waals surface area contributed by atoms with Crippen LogP contribution in [-0.4, -0.2) is 28.8 Å². The molecule has 0 unspecified atom stereocenters. The molecule has 0 saturated carbocycles. The highest BCUT2D eigenvalue weighted by Crippen LogP contribution is 2.24. The quantitative estimate of drug-likeness (QED) is 0.825. The molecule has 0 aliphatic carbocycles. The van der Waals surface area contributed by atoms with E-state index < -0.39 is 22.9 Å². The third kappa shape index (κ3) is 2.10. The number of aromatic hydroxyl groups is 1. The van der Waals surface area contributed by atoms with Gasteiger partial charge in [-0.3, -0.25) is 9.78 Å². The molecule has 0 radical (unpaired) electrons. The SMILES string of the molecule is CN(C)c1ccccc1-n1c(O)c(F)c(=O)[nH]c1=O. The van der Waals surface area contributed by atoms with Crippen molar-refractivity contribution in [2.45, 2.75) is 0 Å². The summed E-state index contributed by atoms with van der Waals surface area (Å²) in [4.78, 5) is 26.3. The highest BCUT2D eigenvalue weighted by molar-refractivity contribution is 5.62. The van der Waals surface area contributed by atoms with Crippen molar-refractivity contribution in [1.82, 2.24) is 9.55 Å². The molecular formula is C12H12FN3O3. The number of nitrogens with zero attached hydrogens (tertiary/aromatic N) is 2. The predicted octanol–water partition coefficient (Wildman–Crippen LogP) is 0.436. The van der Waals surface area contributed by atoms with Gasteiger partial charge < -0.3 is 10.0 Å². The lowest BCUT2D eigenvalue weighted by atomic mass is 10.2. The van der Waals surface area contributed by atoms with Crippen LogP contribution in [0.1, 0.15) is 0 Å². The van der Waals surface area contributed by atoms with Gasteiger partial charge in [0.1, 0.15) is 0 Å². The average Bonchev–Trinajstić information content (AvgIpc) is 2.36. The molecule has 0 aliphatic rings. The number of hydrogen-bond donors (Lipinski definition) is 2. The smallest absolute Gasteiger partial charge is 0.336 e. The van der Waals surface area contributed by atoms with E-state index in [0.29, 0.717) is 10.3 Å². The molecule has 0 atom stereocenters. The molecule has 1 heterocycles. The van der Waals surface area contributed by atoms with Crippen LogP contribution in [0.4, 0.5) is 10.1 Å². The third-order valence-corrected chi connectivity index (χ3v) is 2.64. The van der Waals surface area contributed by atoms with Crippen LogP contribution in [0.2, 0.25) is 0 Å². The first-order valence-corrected chi connectivity index (χ1v) is 5.44. The number of H-pyrrole nitrogens is 1. The molecule has 2 N–H and O–H groups in total. The summed E-state index contributed by atoms with van der Waals surface area (Å²) in [6.07, 6.45) is 0. The van der Waals surface area contributed by atoms with E-state index in [0.717, 1.165) is 0 Å². The molecule has 7 heteroatoms. The zero-order valence-electron chi connectivity index (χ0n) is 10.3. The number of halogens is 1. The van der Waals surface area contributed by atoms with Gasteiger partial charge in [-0.15, -0.1) is 0 Å². The number of para-hydroxylation sites is 2. The van der Waals surface area contributed by atoms with E-state index in [1.807, 2.05) is 4.98 Å². The summed E-state index contributed by atoms with van der Waals surface area (Å²) in [5, 5.41) is 9.67. The number of nitrogens with one attached hydrogen (secondary N) is 1. The Kier molecular flexibility index (Phi) is 3.12. The van der Waals surface area contributed by atoms with Crippen LogP contribution < -0.4 is 16.1 Å². The van der Waals surface area contributed by atoms with Crippen molar-refractivity contribution in [2.75, 3.05) is 19.0 Å². The van der Waals surface area contributed by atoms with Gasteiger partial charge in [-0.05, 0) is 12.1 Å². The normalized spacial score (nSPS) is 10.5. The van der Waals surface area contributed by atoms with Gasteiger partial charge in [0.15, 0.2) is 0 Å². The molecular weight excluding hydrogens is 253 g/mol. The summed E-state index contributed by atoms with van der Waals surface area (Å²) in [5.74, 6) is -2.41. The van der Waals surface area contributed by atoms with Crippen LogP contribution in [0.15, 0.2) is 33.9 Å². The summed E-state index contributed by atoms with van der Waals surface area (Å²) < 4.78 is 14.1. The predicted molar refractivity (Wildman–Crippen MR) is 68.6 cm³/mol. The molecule has 2 aromatic rings. The molecule has 0 aliphatic heterocycles. The number of aromatic amines is 1. The second-order valence-corrected chi connectivity index (χ2v) is 4.12. The maximum Gasteiger partial charge on any atom is 0.336 e. The van der Waals surface area contributed by atoms with Gasteiger partial charge in [-0.2, -0.15) is 4.39 Å². The van der Waals surface area contributed by atoms with Gasteiger partial charge in [0.2, 0.25) is 11.7 Å². The van der Waals surface area contributed by atoms with Gasteiger partial charge in [-0.1, -0.05) is 12.1 Å². The molecule has 6 nitrogen and oxygen atoms in total. The van der Waals surface area contributed by atoms with Gasteiger partial charge >= 0.3 is 5.69 Å². The Hall–Kier alpha value is -2.57. The summed E-state index contributed by atoms with van der Waals surface area (Å²) >= 11 is 0. The maximum atomic E-state index is 13.4. The Labute approximate surface area is 107 Å². The molecule has 0 fully saturated rings. The third-order valence-electron chi connectivity index (χ3n) is 2.64. The van der Waals surface area contributed by atoms with E-state index in [4.69, 9.17) is 0 Å². The second-order valence-electron chi connectivity index (χ2n) is 4.12. The minimum Gasteiger partial charge on any atom is -0.492 e. The number of aromatic nitrogens is 2. The molecule has 0 amide bonds. The van der Waals surface area contributed by atoms with Crippen molar-refractivity contribution in [2.24, 2.45) is 0 Å². The summed E-state index contributed by atoms with van der Waals surface area (Å²) in [5.41, 5.74) is -1.30. The lowest BCUT2D eigenvalue weighted by Gasteiger charge is -2.18. The van der Waals surface area contributed by atoms with Gasteiger partial charge in [0.05, 0.1) is 11.4 Å². The maximum absolute atomic E-state index is 13.4. The fourth-order valence-electron chi connectivity index (χ4n) is 1.76. The van der Waals surface area contributed by atoms with Gasteiger partial charge in [0.25, 0.3) is 5.56 Å². The number of rotatable bonds is 2. The van der Waals surface area contributed by atoms with Crippen molar-refractivity contribution in [3.05, 3.63) is 50.9 Å². The molecule has 0 saturated heterocycles. The van der Waals surface area contributed by atoms with E-state index >= 15 is 0 Å². The van der Waals surface area contributed by atoms with E-state index in [1.165, 1.54) is 6.07 Å². The number of hydrogen-bond acceptors (Lipinski definition) is 4. The van der Waals surface area contributed by atoms with Crippen LogP contribution in [-0.2, 0) is 0 Å². The Balaban J connectivity index is 2.84. The summed E-state index contributed by atoms with van der Waals surface area (Å²) in [6, 6.07) is 6.61. The summed E-state index contributed by atoms with van der Waals surface area (Å²) in [6.45, 7) is 0. The Morgan fingerprint density at radius 3 is 2.53 bits per heavy atom. The van der Waals surface area contributed by atoms with E-state index in [9.17, 15) is 19.1 Å². The van der Waals surface area contributed by atoms with E-state index in [-0.39, 0.29) is 5.69 Å². The summed E-state index contributed by atoms with van der Waals surface area (Å²) in [7, 11) is 3.48. The van der Waals surface area contributed by atoms with Crippen LogP contribution in [0, 0.1) is 5.82 Å². The standard InChI is InChI=1S/C12H12FN3O3/c1-15(2)7-5-3-4-6-8(7)16-11(18)9(13)10(17)14-12(16)19/h3-6,18H,1-2H3,(H,14,17,19). The van der Waals surface area contributed by atoms with E-state index in [1.54, 1.807) is 37.2 Å². The van der Waals surface area contributed by atoms with Crippen molar-refractivity contribution in [3.8, 4) is 11.6 Å². The largest absolute Gasteiger partial charge is 0.492 e. The minimum atomic E-state index is -1.40. The van der Waals surface area contributed by atoms with Crippen LogP contribution in [0.3, 0.4) is 0 Å². The second kappa shape index (κ2) is 4.60. The fourth-order valence-corrected chi connectivity index (χ4v) is 1.76. The topological polar surface area (TPSA) is 78.3 Å². The lowest BCUT2D eigenvalue weighted by molar-refractivity contribution is 0.386. The number of anilines is 1. The highest BCUT2D eigenvalue weighted by Gasteiger charge is 2.17. The van der Waals surface area contributed by atoms with Gasteiger partial charge in [-0.25, -0.2) is 9.36 Å². The first-order chi connectivity index (χ1) is 8.93. The van der Waals surface area contributed by atoms with Crippen LogP contribution in [0.25, 0.3) is 5.69 Å². The van der Waals surface area contributed by atoms with Crippen molar-refractivity contribution in [3.63, 3.8) is 0 Å². The first-order valence-electron chi connectivity index (χ1n) is 5.44. The number of benzene rings is 1.